The summed E-state index contributed by atoms with van der Waals surface area (Å²) in [4.78, 5) is 21.8. The number of carbonyl (C=O) groups is 1. The van der Waals surface area contributed by atoms with Crippen LogP contribution in [0.2, 0.25) is 0 Å². The quantitative estimate of drug-likeness (QED) is 0.171. The minimum atomic E-state index is -0.416. The van der Waals surface area contributed by atoms with Crippen LogP contribution in [-0.2, 0) is 9.78 Å². The molecule has 0 amide bonds. The van der Waals surface area contributed by atoms with Crippen LogP contribution in [0.3, 0.4) is 0 Å². The van der Waals surface area contributed by atoms with Crippen LogP contribution in [0.15, 0.2) is 24.3 Å². The molecule has 0 fully saturated rings. The summed E-state index contributed by atoms with van der Waals surface area (Å²) in [6.45, 7) is 8.61. The zero-order chi connectivity index (χ0) is 19.7. The van der Waals surface area contributed by atoms with E-state index in [0.717, 1.165) is 19.3 Å². The van der Waals surface area contributed by atoms with Crippen LogP contribution in [0.5, 0.6) is 0 Å². The first kappa shape index (κ1) is 23.7. The molecule has 3 heteroatoms. The number of rotatable bonds is 16. The van der Waals surface area contributed by atoms with E-state index in [2.05, 4.69) is 20.8 Å². The largest absolute Gasteiger partial charge is 0.373 e. The van der Waals surface area contributed by atoms with E-state index in [9.17, 15) is 4.79 Å². The Morgan fingerprint density at radius 3 is 1.78 bits per heavy atom. The Hall–Kier alpha value is -1.35. The van der Waals surface area contributed by atoms with Gasteiger partial charge in [0.2, 0.25) is 0 Å². The zero-order valence-corrected chi connectivity index (χ0v) is 17.5. The van der Waals surface area contributed by atoms with Gasteiger partial charge in [0.1, 0.15) is 0 Å². The molecule has 0 atom stereocenters. The van der Waals surface area contributed by atoms with Gasteiger partial charge in [0, 0.05) is 0 Å². The molecule has 0 heterocycles. The average Bonchev–Trinajstić information content (AvgIpc) is 2.68. The standard InChI is InChI=1S/C24H39O3/c1-4-5-6-7-8-9-10-11-12-13-14-15-20-26-27-24(25)23-18-16-22(17-19-23)21(2)3/h16-19,21H,1,4-15,20H2,2-3H3. The molecular formula is C24H39O3. The third kappa shape index (κ3) is 11.9. The zero-order valence-electron chi connectivity index (χ0n) is 17.5. The Labute approximate surface area is 166 Å². The van der Waals surface area contributed by atoms with Crippen LogP contribution in [0.25, 0.3) is 0 Å². The fourth-order valence-electron chi connectivity index (χ4n) is 3.08. The highest BCUT2D eigenvalue weighted by atomic mass is 17.2. The molecule has 0 bridgehead atoms. The summed E-state index contributed by atoms with van der Waals surface area (Å²) in [5.41, 5.74) is 1.74. The third-order valence-electron chi connectivity index (χ3n) is 4.93. The molecule has 0 spiro atoms. The van der Waals surface area contributed by atoms with Crippen molar-refractivity contribution >= 4 is 5.97 Å². The summed E-state index contributed by atoms with van der Waals surface area (Å²) < 4.78 is 0. The fraction of sp³-hybridized carbons (Fsp3) is 0.667. The fourth-order valence-corrected chi connectivity index (χ4v) is 3.08. The van der Waals surface area contributed by atoms with Gasteiger partial charge in [-0.2, -0.15) is 4.89 Å². The second-order valence-electron chi connectivity index (χ2n) is 7.71. The Morgan fingerprint density at radius 2 is 1.30 bits per heavy atom. The van der Waals surface area contributed by atoms with Gasteiger partial charge in [-0.1, -0.05) is 104 Å². The van der Waals surface area contributed by atoms with Crippen molar-refractivity contribution in [1.82, 2.24) is 0 Å². The molecule has 0 aliphatic rings. The van der Waals surface area contributed by atoms with E-state index in [1.807, 2.05) is 12.1 Å². The second-order valence-corrected chi connectivity index (χ2v) is 7.71. The molecule has 0 N–H and O–H groups in total. The third-order valence-corrected chi connectivity index (χ3v) is 4.93. The van der Waals surface area contributed by atoms with Crippen LogP contribution < -0.4 is 0 Å². The van der Waals surface area contributed by atoms with Gasteiger partial charge in [0.25, 0.3) is 0 Å². The summed E-state index contributed by atoms with van der Waals surface area (Å²) in [5, 5.41) is 0. The monoisotopic (exact) mass is 375 g/mol. The highest BCUT2D eigenvalue weighted by molar-refractivity contribution is 5.88. The predicted molar refractivity (Wildman–Crippen MR) is 113 cm³/mol. The van der Waals surface area contributed by atoms with Crippen molar-refractivity contribution in [2.45, 2.75) is 96.8 Å². The van der Waals surface area contributed by atoms with Gasteiger partial charge in [-0.05, 0) is 30.0 Å². The lowest BCUT2D eigenvalue weighted by molar-refractivity contribution is -0.241. The van der Waals surface area contributed by atoms with Crippen molar-refractivity contribution in [3.8, 4) is 0 Å². The normalized spacial score (nSPS) is 11.1. The molecule has 0 aliphatic heterocycles. The Balaban J connectivity index is 1.91. The number of unbranched alkanes of at least 4 members (excludes halogenated alkanes) is 11. The molecular weight excluding hydrogens is 336 g/mol. The molecule has 0 aromatic heterocycles. The maximum absolute atomic E-state index is 11.9. The van der Waals surface area contributed by atoms with Gasteiger partial charge in [-0.15, -0.1) is 0 Å². The minimum absolute atomic E-state index is 0.416. The van der Waals surface area contributed by atoms with Crippen LogP contribution in [-0.4, -0.2) is 12.6 Å². The topological polar surface area (TPSA) is 35.5 Å². The maximum Gasteiger partial charge on any atom is 0.373 e. The number of benzene rings is 1. The first-order chi connectivity index (χ1) is 13.1. The van der Waals surface area contributed by atoms with E-state index >= 15 is 0 Å². The molecule has 1 aromatic rings. The van der Waals surface area contributed by atoms with Crippen LogP contribution >= 0.6 is 0 Å². The minimum Gasteiger partial charge on any atom is -0.293 e. The average molecular weight is 376 g/mol. The second kappa shape index (κ2) is 15.7. The first-order valence-electron chi connectivity index (χ1n) is 10.9. The van der Waals surface area contributed by atoms with Crippen molar-refractivity contribution in [2.75, 3.05) is 6.61 Å². The Kier molecular flexibility index (Phi) is 13.8. The molecule has 0 saturated carbocycles. The molecule has 153 valence electrons. The molecule has 3 nitrogen and oxygen atoms in total. The summed E-state index contributed by atoms with van der Waals surface area (Å²) in [6, 6.07) is 7.51. The van der Waals surface area contributed by atoms with Crippen LogP contribution in [0.4, 0.5) is 0 Å². The van der Waals surface area contributed by atoms with Crippen molar-refractivity contribution in [3.63, 3.8) is 0 Å². The SMILES string of the molecule is [CH2]CCCCCCCCCCCCCOOC(=O)c1ccc(C(C)C)cc1. The highest BCUT2D eigenvalue weighted by Crippen LogP contribution is 2.15. The van der Waals surface area contributed by atoms with Crippen molar-refractivity contribution in [1.29, 1.82) is 0 Å². The number of hydrogen-bond donors (Lipinski definition) is 0. The molecule has 0 unspecified atom stereocenters. The van der Waals surface area contributed by atoms with Crippen LogP contribution in [0.1, 0.15) is 113 Å². The smallest absolute Gasteiger partial charge is 0.293 e. The van der Waals surface area contributed by atoms with Crippen LogP contribution in [0, 0.1) is 6.92 Å². The van der Waals surface area contributed by atoms with Gasteiger partial charge in [-0.25, -0.2) is 4.79 Å². The molecule has 1 rings (SSSR count). The molecule has 27 heavy (non-hydrogen) atoms. The van der Waals surface area contributed by atoms with E-state index in [1.165, 1.54) is 63.4 Å². The Morgan fingerprint density at radius 1 is 0.815 bits per heavy atom. The Bertz CT molecular complexity index is 479. The van der Waals surface area contributed by atoms with E-state index in [0.29, 0.717) is 18.1 Å². The van der Waals surface area contributed by atoms with E-state index in [4.69, 9.17) is 9.78 Å². The van der Waals surface area contributed by atoms with Crippen molar-refractivity contribution in [3.05, 3.63) is 42.3 Å². The molecule has 0 aliphatic carbocycles. The highest BCUT2D eigenvalue weighted by Gasteiger charge is 2.09. The lowest BCUT2D eigenvalue weighted by Crippen LogP contribution is -2.07. The molecule has 1 radical (unpaired) electrons. The van der Waals surface area contributed by atoms with Gasteiger partial charge >= 0.3 is 5.97 Å². The van der Waals surface area contributed by atoms with Crippen molar-refractivity contribution in [2.24, 2.45) is 0 Å². The molecule has 1 aromatic carbocycles. The van der Waals surface area contributed by atoms with E-state index in [-0.39, 0.29) is 0 Å². The summed E-state index contributed by atoms with van der Waals surface area (Å²) in [6.07, 6.45) is 15.1. The van der Waals surface area contributed by atoms with E-state index < -0.39 is 5.97 Å². The lowest BCUT2D eigenvalue weighted by Gasteiger charge is -2.07. The summed E-state index contributed by atoms with van der Waals surface area (Å²) in [7, 11) is 0. The predicted octanol–water partition coefficient (Wildman–Crippen LogP) is 7.41. The van der Waals surface area contributed by atoms with Gasteiger partial charge in [0.15, 0.2) is 0 Å². The summed E-state index contributed by atoms with van der Waals surface area (Å²) >= 11 is 0. The molecule has 0 saturated heterocycles. The first-order valence-corrected chi connectivity index (χ1v) is 10.9. The number of hydrogen-bond acceptors (Lipinski definition) is 3. The summed E-state index contributed by atoms with van der Waals surface area (Å²) in [5.74, 6) is 0.0374. The van der Waals surface area contributed by atoms with Crippen molar-refractivity contribution < 1.29 is 14.6 Å². The van der Waals surface area contributed by atoms with Gasteiger partial charge in [0.05, 0.1) is 12.2 Å². The lowest BCUT2D eigenvalue weighted by atomic mass is 10.0. The van der Waals surface area contributed by atoms with Gasteiger partial charge in [-0.3, -0.25) is 4.89 Å². The van der Waals surface area contributed by atoms with Gasteiger partial charge < -0.3 is 0 Å². The van der Waals surface area contributed by atoms with E-state index in [1.54, 1.807) is 12.1 Å². The maximum atomic E-state index is 11.9. The number of carbonyl (C=O) groups excluding carboxylic acids is 1.